The van der Waals surface area contributed by atoms with Gasteiger partial charge in [-0.15, -0.1) is 0 Å². The third kappa shape index (κ3) is 6.96. The smallest absolute Gasteiger partial charge is 0.211 e. The normalized spacial score (nSPS) is 20.6. The summed E-state index contributed by atoms with van der Waals surface area (Å²) in [5.41, 5.74) is 6.47. The minimum atomic E-state index is -3.57. The minimum Gasteiger partial charge on any atom is -0.347 e. The van der Waals surface area contributed by atoms with Gasteiger partial charge in [0.1, 0.15) is 11.6 Å². The van der Waals surface area contributed by atoms with Gasteiger partial charge in [-0.25, -0.2) is 12.8 Å². The van der Waals surface area contributed by atoms with Crippen LogP contribution in [0.3, 0.4) is 0 Å². The lowest BCUT2D eigenvalue weighted by molar-refractivity contribution is -0.289. The standard InChI is InChI=1S/C34H39FN2O5S/c1-21(2)32-29(16-15-26-18-27(17-22(3)38)42-34(4,5)41-26)31(23-11-13-25(35)14-12-23)30-20-37(43(6,39)40)19-24-9-7-8-10-28(24)33(30)36-32/h7-16,21,26-27H,17-20H2,1-6H3/b16-15+/t26-,27+/m1/s1. The second-order valence-electron chi connectivity index (χ2n) is 12.3. The van der Waals surface area contributed by atoms with Crippen LogP contribution < -0.4 is 0 Å². The van der Waals surface area contributed by atoms with Crippen LogP contribution in [0.2, 0.25) is 0 Å². The number of ketones is 1. The molecular weight excluding hydrogens is 567 g/mol. The number of carbonyl (C=O) groups is 1. The van der Waals surface area contributed by atoms with Gasteiger partial charge in [0.2, 0.25) is 10.0 Å². The maximum Gasteiger partial charge on any atom is 0.211 e. The van der Waals surface area contributed by atoms with Crippen LogP contribution in [-0.2, 0) is 37.4 Å². The molecule has 2 aliphatic heterocycles. The van der Waals surface area contributed by atoms with E-state index in [2.05, 4.69) is 13.8 Å². The Labute approximate surface area is 253 Å². The summed E-state index contributed by atoms with van der Waals surface area (Å²) in [4.78, 5) is 17.1. The molecule has 2 aromatic carbocycles. The fourth-order valence-corrected chi connectivity index (χ4v) is 6.79. The van der Waals surface area contributed by atoms with Crippen LogP contribution in [0.15, 0.2) is 54.6 Å². The molecule has 228 valence electrons. The molecule has 0 unspecified atom stereocenters. The van der Waals surface area contributed by atoms with E-state index in [1.807, 2.05) is 50.3 Å². The highest BCUT2D eigenvalue weighted by Gasteiger charge is 2.35. The molecule has 9 heteroatoms. The van der Waals surface area contributed by atoms with Crippen molar-refractivity contribution in [2.24, 2.45) is 0 Å². The minimum absolute atomic E-state index is 0.0167. The Morgan fingerprint density at radius 2 is 1.81 bits per heavy atom. The second-order valence-corrected chi connectivity index (χ2v) is 14.2. The van der Waals surface area contributed by atoms with Crippen molar-refractivity contribution in [1.29, 1.82) is 0 Å². The molecule has 1 saturated heterocycles. The van der Waals surface area contributed by atoms with Crippen LogP contribution in [0.25, 0.3) is 28.5 Å². The number of halogens is 1. The molecule has 0 N–H and O–H groups in total. The Hall–Kier alpha value is -3.24. The summed E-state index contributed by atoms with van der Waals surface area (Å²) in [6.07, 6.45) is 5.38. The number of carbonyl (C=O) groups excluding carboxylic acids is 1. The van der Waals surface area contributed by atoms with E-state index in [9.17, 15) is 17.6 Å². The van der Waals surface area contributed by atoms with E-state index in [1.165, 1.54) is 22.7 Å². The van der Waals surface area contributed by atoms with Gasteiger partial charge in [0.15, 0.2) is 5.79 Å². The van der Waals surface area contributed by atoms with Crippen molar-refractivity contribution in [3.63, 3.8) is 0 Å². The number of aromatic nitrogens is 1. The van der Waals surface area contributed by atoms with Crippen molar-refractivity contribution >= 4 is 21.9 Å². The first-order valence-corrected chi connectivity index (χ1v) is 16.5. The van der Waals surface area contributed by atoms with Gasteiger partial charge >= 0.3 is 0 Å². The number of Topliss-reactive ketones (excluding diaryl/α,β-unsaturated/α-hetero) is 1. The summed E-state index contributed by atoms with van der Waals surface area (Å²) >= 11 is 0. The number of fused-ring (bicyclic) bond motifs is 3. The maximum atomic E-state index is 14.2. The Kier molecular flexibility index (Phi) is 8.73. The van der Waals surface area contributed by atoms with Gasteiger partial charge in [0.25, 0.3) is 0 Å². The van der Waals surface area contributed by atoms with Crippen molar-refractivity contribution in [2.45, 2.75) is 84.5 Å². The molecule has 1 fully saturated rings. The summed E-state index contributed by atoms with van der Waals surface area (Å²) in [6, 6.07) is 14.0. The first-order chi connectivity index (χ1) is 20.2. The highest BCUT2D eigenvalue weighted by molar-refractivity contribution is 7.88. The number of benzene rings is 2. The maximum absolute atomic E-state index is 14.2. The predicted molar refractivity (Wildman–Crippen MR) is 166 cm³/mol. The number of nitrogens with zero attached hydrogens (tertiary/aromatic N) is 2. The van der Waals surface area contributed by atoms with Crippen molar-refractivity contribution < 1.29 is 27.1 Å². The molecule has 0 radical (unpaired) electrons. The topological polar surface area (TPSA) is 85.8 Å². The van der Waals surface area contributed by atoms with Crippen molar-refractivity contribution in [3.05, 3.63) is 82.8 Å². The Morgan fingerprint density at radius 1 is 1.12 bits per heavy atom. The number of rotatable bonds is 7. The molecule has 0 amide bonds. The number of hydrogen-bond donors (Lipinski definition) is 0. The van der Waals surface area contributed by atoms with Gasteiger partial charge < -0.3 is 9.47 Å². The van der Waals surface area contributed by atoms with Crippen molar-refractivity contribution in [2.75, 3.05) is 6.26 Å². The molecule has 2 atom stereocenters. The van der Waals surface area contributed by atoms with Crippen LogP contribution in [0.1, 0.15) is 75.8 Å². The third-order valence-electron chi connectivity index (χ3n) is 7.84. The highest BCUT2D eigenvalue weighted by atomic mass is 32.2. The highest BCUT2D eigenvalue weighted by Crippen LogP contribution is 2.42. The zero-order valence-electron chi connectivity index (χ0n) is 25.6. The van der Waals surface area contributed by atoms with E-state index in [1.54, 1.807) is 19.1 Å². The van der Waals surface area contributed by atoms with E-state index in [4.69, 9.17) is 14.5 Å². The molecule has 7 nitrogen and oxygen atoms in total. The van der Waals surface area contributed by atoms with E-state index in [0.29, 0.717) is 12.8 Å². The molecular formula is C34H39FN2O5S. The number of pyridine rings is 1. The summed E-state index contributed by atoms with van der Waals surface area (Å²) in [7, 11) is -3.57. The molecule has 0 spiro atoms. The lowest BCUT2D eigenvalue weighted by atomic mass is 9.87. The number of hydrogen-bond acceptors (Lipinski definition) is 6. The van der Waals surface area contributed by atoms with E-state index in [-0.39, 0.29) is 42.8 Å². The lowest BCUT2D eigenvalue weighted by Crippen LogP contribution is -2.44. The first kappa shape index (κ1) is 31.2. The molecule has 5 rings (SSSR count). The zero-order chi connectivity index (χ0) is 31.1. The quantitative estimate of drug-likeness (QED) is 0.292. The molecule has 0 saturated carbocycles. The van der Waals surface area contributed by atoms with E-state index < -0.39 is 15.8 Å². The van der Waals surface area contributed by atoms with E-state index in [0.717, 1.165) is 44.8 Å². The average Bonchev–Trinajstić information content (AvgIpc) is 3.07. The monoisotopic (exact) mass is 606 g/mol. The largest absolute Gasteiger partial charge is 0.347 e. The predicted octanol–water partition coefficient (Wildman–Crippen LogP) is 6.86. The Bertz CT molecular complexity index is 1660. The van der Waals surface area contributed by atoms with Crippen molar-refractivity contribution in [3.8, 4) is 22.4 Å². The van der Waals surface area contributed by atoms with Gasteiger partial charge in [-0.1, -0.05) is 62.4 Å². The van der Waals surface area contributed by atoms with Crippen LogP contribution in [-0.4, -0.2) is 47.7 Å². The van der Waals surface area contributed by atoms with Crippen LogP contribution >= 0.6 is 0 Å². The van der Waals surface area contributed by atoms with Crippen LogP contribution in [0.4, 0.5) is 4.39 Å². The fourth-order valence-electron chi connectivity index (χ4n) is 6.05. The van der Waals surface area contributed by atoms with Gasteiger partial charge in [-0.3, -0.25) is 9.78 Å². The molecule has 0 bridgehead atoms. The molecule has 1 aromatic heterocycles. The molecule has 0 aliphatic carbocycles. The Balaban J connectivity index is 1.75. The molecule has 3 heterocycles. The summed E-state index contributed by atoms with van der Waals surface area (Å²) in [6.45, 7) is 9.71. The molecule has 2 aliphatic rings. The lowest BCUT2D eigenvalue weighted by Gasteiger charge is -2.39. The van der Waals surface area contributed by atoms with Crippen LogP contribution in [0.5, 0.6) is 0 Å². The fraction of sp³-hybridized carbons (Fsp3) is 0.412. The molecule has 43 heavy (non-hydrogen) atoms. The SMILES string of the molecule is CC(=O)C[C@H]1C[C@@H](/C=C/c2c(C(C)C)nc3c(c2-c2ccc(F)cc2)CN(S(C)(=O)=O)Cc2ccccc2-3)OC(C)(C)O1. The van der Waals surface area contributed by atoms with Gasteiger partial charge in [-0.2, -0.15) is 4.31 Å². The summed E-state index contributed by atoms with van der Waals surface area (Å²) in [5, 5.41) is 0. The number of sulfonamides is 1. The van der Waals surface area contributed by atoms with E-state index >= 15 is 0 Å². The molecule has 3 aromatic rings. The van der Waals surface area contributed by atoms with Crippen molar-refractivity contribution in [1.82, 2.24) is 9.29 Å². The first-order valence-electron chi connectivity index (χ1n) is 14.6. The Morgan fingerprint density at radius 3 is 2.47 bits per heavy atom. The number of ether oxygens (including phenoxy) is 2. The summed E-state index contributed by atoms with van der Waals surface area (Å²) in [5.74, 6) is -1.16. The average molecular weight is 607 g/mol. The van der Waals surface area contributed by atoms with Gasteiger partial charge in [0, 0.05) is 42.6 Å². The second kappa shape index (κ2) is 12.0. The zero-order valence-corrected chi connectivity index (χ0v) is 26.4. The third-order valence-corrected chi connectivity index (χ3v) is 9.04. The van der Waals surface area contributed by atoms with Crippen LogP contribution in [0, 0.1) is 5.82 Å². The van der Waals surface area contributed by atoms with Gasteiger partial charge in [-0.05, 0) is 55.5 Å². The van der Waals surface area contributed by atoms with Gasteiger partial charge in [0.05, 0.1) is 29.9 Å². The summed E-state index contributed by atoms with van der Waals surface area (Å²) < 4.78 is 53.9.